The van der Waals surface area contributed by atoms with E-state index in [2.05, 4.69) is 69.7 Å². The molecule has 3 rings (SSSR count). The largest absolute Gasteiger partial charge is 1.00 e. The third kappa shape index (κ3) is 1.97. The van der Waals surface area contributed by atoms with Crippen LogP contribution in [0.3, 0.4) is 0 Å². The molecule has 2 aromatic rings. The Morgan fingerprint density at radius 2 is 1.11 bits per heavy atom. The maximum Gasteiger partial charge on any atom is 0.141 e. The summed E-state index contributed by atoms with van der Waals surface area (Å²) in [5.41, 5.74) is 5.73. The van der Waals surface area contributed by atoms with Crippen molar-refractivity contribution in [1.82, 2.24) is 0 Å². The van der Waals surface area contributed by atoms with Crippen LogP contribution in [-0.4, -0.2) is 25.6 Å². The van der Waals surface area contributed by atoms with Crippen LogP contribution in [0.4, 0.5) is 0 Å². The van der Waals surface area contributed by atoms with Gasteiger partial charge in [-0.1, -0.05) is 48.5 Å². The van der Waals surface area contributed by atoms with Crippen molar-refractivity contribution < 1.29 is 28.5 Å². The molecule has 0 spiro atoms. The van der Waals surface area contributed by atoms with Crippen LogP contribution in [0.25, 0.3) is 11.1 Å². The highest BCUT2D eigenvalue weighted by atomic mass is 127. The molecule has 1 aliphatic rings. The van der Waals surface area contributed by atoms with Crippen LogP contribution in [0.5, 0.6) is 0 Å². The Kier molecular flexibility index (Phi) is 3.52. The maximum atomic E-state index is 2.27. The molecule has 0 fully saturated rings. The highest BCUT2D eigenvalue weighted by Gasteiger charge is 2.36. The van der Waals surface area contributed by atoms with Gasteiger partial charge >= 0.3 is 0 Å². The molecule has 0 aliphatic heterocycles. The third-order valence-corrected chi connectivity index (χ3v) is 3.58. The fourth-order valence-corrected chi connectivity index (χ4v) is 2.96. The molecule has 0 N–H and O–H groups in total. The van der Waals surface area contributed by atoms with Gasteiger partial charge in [0.05, 0.1) is 21.1 Å². The highest BCUT2D eigenvalue weighted by molar-refractivity contribution is 5.77. The number of halogens is 1. The minimum absolute atomic E-state index is 0. The van der Waals surface area contributed by atoms with Gasteiger partial charge in [-0.25, -0.2) is 0 Å². The lowest BCUT2D eigenvalue weighted by atomic mass is 10.0. The monoisotopic (exact) mass is 351 g/mol. The van der Waals surface area contributed by atoms with E-state index in [-0.39, 0.29) is 24.0 Å². The fourth-order valence-electron chi connectivity index (χ4n) is 2.96. The number of fused-ring (bicyclic) bond motifs is 3. The molecule has 0 unspecified atom stereocenters. The van der Waals surface area contributed by atoms with E-state index in [0.29, 0.717) is 6.04 Å². The highest BCUT2D eigenvalue weighted by Crippen LogP contribution is 2.47. The number of benzene rings is 2. The lowest BCUT2D eigenvalue weighted by Gasteiger charge is -2.32. The fraction of sp³-hybridized carbons (Fsp3) is 0.250. The van der Waals surface area contributed by atoms with E-state index < -0.39 is 0 Å². The minimum Gasteiger partial charge on any atom is -1.00 e. The SMILES string of the molecule is C[N+](C)(C)C1c2ccccc2-c2ccccc21.[I-]. The van der Waals surface area contributed by atoms with Gasteiger partial charge in [0.15, 0.2) is 0 Å². The van der Waals surface area contributed by atoms with E-state index >= 15 is 0 Å². The topological polar surface area (TPSA) is 0 Å². The quantitative estimate of drug-likeness (QED) is 0.518. The van der Waals surface area contributed by atoms with E-state index in [1.807, 2.05) is 0 Å². The van der Waals surface area contributed by atoms with Gasteiger partial charge in [-0.2, -0.15) is 0 Å². The zero-order valence-electron chi connectivity index (χ0n) is 11.0. The molecule has 0 atom stereocenters. The Bertz CT molecular complexity index is 524. The van der Waals surface area contributed by atoms with Gasteiger partial charge in [0.25, 0.3) is 0 Å². The van der Waals surface area contributed by atoms with Crippen molar-refractivity contribution in [2.45, 2.75) is 6.04 Å². The molecule has 0 aromatic heterocycles. The van der Waals surface area contributed by atoms with E-state index in [9.17, 15) is 0 Å². The molecule has 1 aliphatic carbocycles. The molecule has 0 amide bonds. The summed E-state index contributed by atoms with van der Waals surface area (Å²) < 4.78 is 0.939. The predicted octanol–water partition coefficient (Wildman–Crippen LogP) is 0.467. The summed E-state index contributed by atoms with van der Waals surface area (Å²) in [5, 5.41) is 0. The molecular formula is C16H18IN. The van der Waals surface area contributed by atoms with Crippen molar-refractivity contribution in [3.05, 3.63) is 59.7 Å². The molecule has 0 bridgehead atoms. The van der Waals surface area contributed by atoms with Gasteiger partial charge in [0.1, 0.15) is 6.04 Å². The number of hydrogen-bond donors (Lipinski definition) is 0. The van der Waals surface area contributed by atoms with Gasteiger partial charge in [0.2, 0.25) is 0 Å². The number of quaternary nitrogens is 1. The number of hydrogen-bond acceptors (Lipinski definition) is 0. The van der Waals surface area contributed by atoms with Crippen LogP contribution in [0, 0.1) is 0 Å². The molecule has 2 heteroatoms. The van der Waals surface area contributed by atoms with E-state index in [4.69, 9.17) is 0 Å². The first-order valence-electron chi connectivity index (χ1n) is 6.08. The molecular weight excluding hydrogens is 333 g/mol. The van der Waals surface area contributed by atoms with Crippen LogP contribution >= 0.6 is 0 Å². The van der Waals surface area contributed by atoms with Crippen molar-refractivity contribution in [3.8, 4) is 11.1 Å². The molecule has 0 saturated heterocycles. The standard InChI is InChI=1S/C16H18N.HI/c1-17(2,3)16-14-10-6-4-8-12(14)13-9-5-7-11-15(13)16;/h4-11,16H,1-3H3;1H/q+1;/p-1. The average molecular weight is 351 g/mol. The second-order valence-corrected chi connectivity index (χ2v) is 5.69. The Morgan fingerprint density at radius 1 is 0.722 bits per heavy atom. The van der Waals surface area contributed by atoms with Crippen molar-refractivity contribution in [3.63, 3.8) is 0 Å². The first-order valence-corrected chi connectivity index (χ1v) is 6.08. The van der Waals surface area contributed by atoms with Crippen molar-refractivity contribution in [1.29, 1.82) is 0 Å². The molecule has 0 saturated carbocycles. The van der Waals surface area contributed by atoms with Crippen LogP contribution in [0.15, 0.2) is 48.5 Å². The Hall–Kier alpha value is -0.870. The Labute approximate surface area is 126 Å². The number of nitrogens with zero attached hydrogens (tertiary/aromatic N) is 1. The van der Waals surface area contributed by atoms with Crippen molar-refractivity contribution >= 4 is 0 Å². The summed E-state index contributed by atoms with van der Waals surface area (Å²) >= 11 is 0. The molecule has 0 radical (unpaired) electrons. The first-order chi connectivity index (χ1) is 8.09. The van der Waals surface area contributed by atoms with E-state index in [1.165, 1.54) is 22.3 Å². The second-order valence-electron chi connectivity index (χ2n) is 5.69. The van der Waals surface area contributed by atoms with Gasteiger partial charge in [-0.05, 0) is 11.1 Å². The van der Waals surface area contributed by atoms with E-state index in [1.54, 1.807) is 0 Å². The Balaban J connectivity index is 0.00000120. The lowest BCUT2D eigenvalue weighted by Crippen LogP contribution is -3.00. The van der Waals surface area contributed by atoms with Gasteiger partial charge in [-0.3, -0.25) is 0 Å². The van der Waals surface area contributed by atoms with Crippen LogP contribution in [-0.2, 0) is 0 Å². The summed E-state index contributed by atoms with van der Waals surface area (Å²) in [4.78, 5) is 0. The molecule has 1 nitrogen and oxygen atoms in total. The first kappa shape index (κ1) is 13.6. The summed E-state index contributed by atoms with van der Waals surface area (Å²) in [5.74, 6) is 0. The lowest BCUT2D eigenvalue weighted by molar-refractivity contribution is -0.895. The van der Waals surface area contributed by atoms with Crippen molar-refractivity contribution in [2.75, 3.05) is 21.1 Å². The van der Waals surface area contributed by atoms with Crippen LogP contribution < -0.4 is 24.0 Å². The van der Waals surface area contributed by atoms with Gasteiger partial charge < -0.3 is 28.5 Å². The summed E-state index contributed by atoms with van der Waals surface area (Å²) in [6.07, 6.45) is 0. The minimum atomic E-state index is 0. The smallest absolute Gasteiger partial charge is 0.141 e. The molecule has 0 heterocycles. The zero-order chi connectivity index (χ0) is 12.0. The van der Waals surface area contributed by atoms with Crippen LogP contribution in [0.1, 0.15) is 17.2 Å². The molecule has 94 valence electrons. The molecule has 18 heavy (non-hydrogen) atoms. The Morgan fingerprint density at radius 3 is 1.50 bits per heavy atom. The van der Waals surface area contributed by atoms with Crippen molar-refractivity contribution in [2.24, 2.45) is 0 Å². The second kappa shape index (κ2) is 4.67. The molecule has 2 aromatic carbocycles. The third-order valence-electron chi connectivity index (χ3n) is 3.58. The van der Waals surface area contributed by atoms with Gasteiger partial charge in [-0.15, -0.1) is 0 Å². The summed E-state index contributed by atoms with van der Waals surface area (Å²) in [6, 6.07) is 18.0. The maximum absolute atomic E-state index is 2.27. The average Bonchev–Trinajstić information content (AvgIpc) is 2.63. The van der Waals surface area contributed by atoms with Gasteiger partial charge in [0, 0.05) is 11.1 Å². The summed E-state index contributed by atoms with van der Waals surface area (Å²) in [6.45, 7) is 0. The summed E-state index contributed by atoms with van der Waals surface area (Å²) in [7, 11) is 6.80. The predicted molar refractivity (Wildman–Crippen MR) is 71.8 cm³/mol. The zero-order valence-corrected chi connectivity index (χ0v) is 13.2. The van der Waals surface area contributed by atoms with Crippen LogP contribution in [0.2, 0.25) is 0 Å². The normalized spacial score (nSPS) is 13.7. The number of rotatable bonds is 1. The van der Waals surface area contributed by atoms with E-state index in [0.717, 1.165) is 4.48 Å².